The van der Waals surface area contributed by atoms with Gasteiger partial charge in [-0.1, -0.05) is 0 Å². The Morgan fingerprint density at radius 1 is 1.11 bits per heavy atom. The van der Waals surface area contributed by atoms with Gasteiger partial charge in [-0.05, 0) is 13.8 Å². The summed E-state index contributed by atoms with van der Waals surface area (Å²) >= 11 is 0. The summed E-state index contributed by atoms with van der Waals surface area (Å²) in [6, 6.07) is 0. The van der Waals surface area contributed by atoms with Crippen LogP contribution in [0.4, 0.5) is 0 Å². The molecule has 18 heavy (non-hydrogen) atoms. The van der Waals surface area contributed by atoms with Gasteiger partial charge in [-0.25, -0.2) is 4.79 Å². The number of aliphatic hydroxyl groups excluding tert-OH is 1. The molecule has 6 heteroatoms. The summed E-state index contributed by atoms with van der Waals surface area (Å²) in [7, 11) is 0. The van der Waals surface area contributed by atoms with Crippen molar-refractivity contribution >= 4 is 5.97 Å². The van der Waals surface area contributed by atoms with Gasteiger partial charge >= 0.3 is 5.97 Å². The topological polar surface area (TPSA) is 74.2 Å². The Morgan fingerprint density at radius 2 is 1.72 bits per heavy atom. The van der Waals surface area contributed by atoms with Crippen molar-refractivity contribution in [1.29, 1.82) is 0 Å². The maximum absolute atomic E-state index is 11.3. The second-order valence-corrected chi connectivity index (χ2v) is 3.34. The van der Waals surface area contributed by atoms with E-state index in [2.05, 4.69) is 0 Å². The molecule has 0 unspecified atom stereocenters. The molecule has 6 nitrogen and oxygen atoms in total. The number of hydrogen-bond donors (Lipinski definition) is 1. The van der Waals surface area contributed by atoms with Gasteiger partial charge in [-0.15, -0.1) is 0 Å². The lowest BCUT2D eigenvalue weighted by Gasteiger charge is -2.06. The minimum absolute atomic E-state index is 0.00303. The first-order valence-electron chi connectivity index (χ1n) is 5.94. The lowest BCUT2D eigenvalue weighted by atomic mass is 10.3. The normalized spacial score (nSPS) is 11.4. The van der Waals surface area contributed by atoms with Crippen LogP contribution in [0.25, 0.3) is 0 Å². The van der Waals surface area contributed by atoms with Crippen LogP contribution < -0.4 is 0 Å². The van der Waals surface area contributed by atoms with Gasteiger partial charge in [0.05, 0.1) is 51.5 Å². The minimum Gasteiger partial charge on any atom is -0.501 e. The van der Waals surface area contributed by atoms with Crippen LogP contribution in [-0.4, -0.2) is 57.3 Å². The highest BCUT2D eigenvalue weighted by Crippen LogP contribution is 1.97. The van der Waals surface area contributed by atoms with Crippen molar-refractivity contribution in [3.8, 4) is 0 Å². The van der Waals surface area contributed by atoms with E-state index in [0.29, 0.717) is 38.6 Å². The summed E-state index contributed by atoms with van der Waals surface area (Å²) in [6.45, 7) is 5.61. The van der Waals surface area contributed by atoms with Gasteiger partial charge in [-0.2, -0.15) is 0 Å². The molecule has 0 heterocycles. The molecular formula is C12H22O6. The first kappa shape index (κ1) is 16.9. The third-order valence-electron chi connectivity index (χ3n) is 1.82. The quantitative estimate of drug-likeness (QED) is 0.253. The number of rotatable bonds is 11. The Morgan fingerprint density at radius 3 is 2.33 bits per heavy atom. The summed E-state index contributed by atoms with van der Waals surface area (Å²) in [5, 5.41) is 8.44. The average Bonchev–Trinajstić information content (AvgIpc) is 2.38. The highest BCUT2D eigenvalue weighted by Gasteiger charge is 2.05. The van der Waals surface area contributed by atoms with E-state index in [1.54, 1.807) is 6.92 Å². The van der Waals surface area contributed by atoms with Gasteiger partial charge in [0.25, 0.3) is 0 Å². The summed E-state index contributed by atoms with van der Waals surface area (Å²) < 4.78 is 20.0. The SMILES string of the molecule is CCOC=C(C)C(=O)OCCOCCOCCO. The average molecular weight is 262 g/mol. The van der Waals surface area contributed by atoms with E-state index in [-0.39, 0.29) is 13.2 Å². The maximum Gasteiger partial charge on any atom is 0.336 e. The Balaban J connectivity index is 3.40. The fourth-order valence-electron chi connectivity index (χ4n) is 0.950. The number of esters is 1. The molecule has 0 rings (SSSR count). The fourth-order valence-corrected chi connectivity index (χ4v) is 0.950. The van der Waals surface area contributed by atoms with Crippen LogP contribution in [0.5, 0.6) is 0 Å². The summed E-state index contributed by atoms with van der Waals surface area (Å²) in [5.41, 5.74) is 0.420. The van der Waals surface area contributed by atoms with Gasteiger partial charge in [-0.3, -0.25) is 0 Å². The molecule has 0 bridgehead atoms. The smallest absolute Gasteiger partial charge is 0.336 e. The van der Waals surface area contributed by atoms with Crippen LogP contribution >= 0.6 is 0 Å². The van der Waals surface area contributed by atoms with Crippen molar-refractivity contribution in [3.05, 3.63) is 11.8 Å². The molecule has 0 aliphatic heterocycles. The second kappa shape index (κ2) is 12.3. The largest absolute Gasteiger partial charge is 0.501 e. The number of carbonyl (C=O) groups is 1. The molecule has 0 saturated carbocycles. The van der Waals surface area contributed by atoms with Crippen molar-refractivity contribution in [2.75, 3.05) is 46.2 Å². The third kappa shape index (κ3) is 10.1. The first-order chi connectivity index (χ1) is 8.72. The molecule has 0 radical (unpaired) electrons. The molecular weight excluding hydrogens is 240 g/mol. The van der Waals surface area contributed by atoms with E-state index in [0.717, 1.165) is 0 Å². The van der Waals surface area contributed by atoms with Crippen LogP contribution in [0.15, 0.2) is 11.8 Å². The predicted molar refractivity (Wildman–Crippen MR) is 65.1 cm³/mol. The molecule has 0 aromatic carbocycles. The van der Waals surface area contributed by atoms with Gasteiger partial charge in [0.2, 0.25) is 0 Å². The van der Waals surface area contributed by atoms with Gasteiger partial charge in [0, 0.05) is 0 Å². The molecule has 0 amide bonds. The highest BCUT2D eigenvalue weighted by molar-refractivity contribution is 5.87. The molecule has 0 aromatic rings. The van der Waals surface area contributed by atoms with Crippen LogP contribution in [0.2, 0.25) is 0 Å². The Hall–Kier alpha value is -1.11. The zero-order valence-corrected chi connectivity index (χ0v) is 11.0. The number of aliphatic hydroxyl groups is 1. The lowest BCUT2D eigenvalue weighted by Crippen LogP contribution is -2.14. The molecule has 106 valence electrons. The Kier molecular flexibility index (Phi) is 11.6. The Bertz CT molecular complexity index is 239. The first-order valence-corrected chi connectivity index (χ1v) is 5.94. The van der Waals surface area contributed by atoms with Crippen molar-refractivity contribution in [2.45, 2.75) is 13.8 Å². The van der Waals surface area contributed by atoms with Crippen LogP contribution in [-0.2, 0) is 23.7 Å². The second-order valence-electron chi connectivity index (χ2n) is 3.34. The van der Waals surface area contributed by atoms with E-state index in [1.165, 1.54) is 6.26 Å². The summed E-state index contributed by atoms with van der Waals surface area (Å²) in [6.07, 6.45) is 1.38. The number of ether oxygens (including phenoxy) is 4. The van der Waals surface area contributed by atoms with Crippen molar-refractivity contribution < 1.29 is 28.8 Å². The molecule has 0 aromatic heterocycles. The maximum atomic E-state index is 11.3. The molecule has 0 atom stereocenters. The zero-order valence-electron chi connectivity index (χ0n) is 11.0. The van der Waals surface area contributed by atoms with Gasteiger partial charge < -0.3 is 24.1 Å². The van der Waals surface area contributed by atoms with Gasteiger partial charge in [0.1, 0.15) is 6.61 Å². The predicted octanol–water partition coefficient (Wildman–Crippen LogP) is 0.495. The van der Waals surface area contributed by atoms with Crippen molar-refractivity contribution in [2.24, 2.45) is 0 Å². The van der Waals surface area contributed by atoms with Crippen LogP contribution in [0.3, 0.4) is 0 Å². The number of hydrogen-bond acceptors (Lipinski definition) is 6. The highest BCUT2D eigenvalue weighted by atomic mass is 16.6. The molecule has 0 spiro atoms. The zero-order chi connectivity index (χ0) is 13.6. The van der Waals surface area contributed by atoms with E-state index in [4.69, 9.17) is 24.1 Å². The van der Waals surface area contributed by atoms with Gasteiger partial charge in [0.15, 0.2) is 0 Å². The van der Waals surface area contributed by atoms with Crippen molar-refractivity contribution in [1.82, 2.24) is 0 Å². The Labute approximate surface area is 107 Å². The third-order valence-corrected chi connectivity index (χ3v) is 1.82. The van der Waals surface area contributed by atoms with E-state index in [1.807, 2.05) is 6.92 Å². The summed E-state index contributed by atoms with van der Waals surface area (Å²) in [5.74, 6) is -0.413. The summed E-state index contributed by atoms with van der Waals surface area (Å²) in [4.78, 5) is 11.3. The molecule has 0 fully saturated rings. The standard InChI is InChI=1S/C12H22O6/c1-3-15-10-11(2)12(14)18-9-8-17-7-6-16-5-4-13/h10,13H,3-9H2,1-2H3. The fraction of sp³-hybridized carbons (Fsp3) is 0.750. The van der Waals surface area contributed by atoms with Crippen molar-refractivity contribution in [3.63, 3.8) is 0 Å². The molecule has 0 saturated heterocycles. The van der Waals surface area contributed by atoms with E-state index in [9.17, 15) is 4.79 Å². The number of carbonyl (C=O) groups excluding carboxylic acids is 1. The van der Waals surface area contributed by atoms with E-state index >= 15 is 0 Å². The minimum atomic E-state index is -0.413. The molecule has 0 aliphatic carbocycles. The molecule has 0 aliphatic rings. The lowest BCUT2D eigenvalue weighted by molar-refractivity contribution is -0.140. The van der Waals surface area contributed by atoms with Crippen LogP contribution in [0.1, 0.15) is 13.8 Å². The van der Waals surface area contributed by atoms with Crippen LogP contribution in [0, 0.1) is 0 Å². The monoisotopic (exact) mass is 262 g/mol. The molecule has 1 N–H and O–H groups in total. The van der Waals surface area contributed by atoms with E-state index < -0.39 is 5.97 Å².